The molecule has 1 saturated heterocycles. The van der Waals surface area contributed by atoms with E-state index in [9.17, 15) is 24.6 Å². The van der Waals surface area contributed by atoms with Gasteiger partial charge in [0, 0.05) is 12.4 Å². The Morgan fingerprint density at radius 3 is 2.48 bits per heavy atom. The Morgan fingerprint density at radius 1 is 1.32 bits per heavy atom. The van der Waals surface area contributed by atoms with E-state index in [1.54, 1.807) is 30.3 Å². The zero-order chi connectivity index (χ0) is 18.6. The standard InChI is InChI=1S/C16H15NO6S2/c1-2-23-10-5-3-9(4-6-10)7-12-14(20)17(16(24)25-12)11(15(21)22)8-13(18)19/h3-7,11H,2,8H2,1H3,(H,18,19)(H,21,22)/p-2/b12-7-/t11-/m1/s1. The molecule has 132 valence electrons. The lowest BCUT2D eigenvalue weighted by Gasteiger charge is -2.27. The number of benzene rings is 1. The average molecular weight is 379 g/mol. The molecule has 25 heavy (non-hydrogen) atoms. The summed E-state index contributed by atoms with van der Waals surface area (Å²) in [6.07, 6.45) is 0.644. The molecule has 0 N–H and O–H groups in total. The lowest BCUT2D eigenvalue weighted by molar-refractivity contribution is -0.319. The molecular formula is C16H13NO6S2-2. The number of thiocarbonyl (C=S) groups is 1. The van der Waals surface area contributed by atoms with Gasteiger partial charge in [0.25, 0.3) is 5.91 Å². The van der Waals surface area contributed by atoms with Gasteiger partial charge in [-0.2, -0.15) is 0 Å². The minimum atomic E-state index is -1.71. The van der Waals surface area contributed by atoms with Crippen molar-refractivity contribution in [1.82, 2.24) is 4.90 Å². The molecule has 1 fully saturated rings. The first-order valence-electron chi connectivity index (χ1n) is 7.24. The maximum atomic E-state index is 12.4. The molecule has 0 aliphatic carbocycles. The lowest BCUT2D eigenvalue weighted by atomic mass is 10.1. The van der Waals surface area contributed by atoms with E-state index in [1.165, 1.54) is 0 Å². The van der Waals surface area contributed by atoms with Gasteiger partial charge in [0.2, 0.25) is 0 Å². The molecule has 0 bridgehead atoms. The molecule has 2 rings (SSSR count). The molecule has 0 saturated carbocycles. The fraction of sp³-hybridized carbons (Fsp3) is 0.250. The van der Waals surface area contributed by atoms with Crippen molar-refractivity contribution < 1.29 is 29.3 Å². The number of thioether (sulfide) groups is 1. The second-order valence-corrected chi connectivity index (χ2v) is 6.64. The molecule has 1 aromatic carbocycles. The van der Waals surface area contributed by atoms with Gasteiger partial charge in [-0.3, -0.25) is 9.69 Å². The molecule has 1 aliphatic rings. The number of amides is 1. The molecular weight excluding hydrogens is 366 g/mol. The number of carbonyl (C=O) groups is 3. The van der Waals surface area contributed by atoms with Gasteiger partial charge in [-0.05, 0) is 30.7 Å². The Bertz CT molecular complexity index is 743. The van der Waals surface area contributed by atoms with Crippen molar-refractivity contribution in [2.45, 2.75) is 19.4 Å². The van der Waals surface area contributed by atoms with E-state index in [1.807, 2.05) is 6.92 Å². The number of carboxylic acid groups (broad SMARTS) is 2. The summed E-state index contributed by atoms with van der Waals surface area (Å²) < 4.78 is 5.28. The number of ether oxygens (including phenoxy) is 1. The molecule has 0 spiro atoms. The molecule has 1 aromatic rings. The van der Waals surface area contributed by atoms with Gasteiger partial charge >= 0.3 is 0 Å². The first-order chi connectivity index (χ1) is 11.8. The van der Waals surface area contributed by atoms with Crippen LogP contribution >= 0.6 is 24.0 Å². The topological polar surface area (TPSA) is 110 Å². The van der Waals surface area contributed by atoms with E-state index in [2.05, 4.69) is 0 Å². The van der Waals surface area contributed by atoms with Crippen molar-refractivity contribution in [3.8, 4) is 5.75 Å². The summed E-state index contributed by atoms with van der Waals surface area (Å²) in [5.74, 6) is -3.32. The van der Waals surface area contributed by atoms with Crippen LogP contribution in [0.15, 0.2) is 29.2 Å². The predicted molar refractivity (Wildman–Crippen MR) is 91.0 cm³/mol. The number of rotatable bonds is 7. The molecule has 1 aliphatic heterocycles. The number of carbonyl (C=O) groups excluding carboxylic acids is 3. The van der Waals surface area contributed by atoms with Gasteiger partial charge < -0.3 is 24.5 Å². The van der Waals surface area contributed by atoms with Crippen LogP contribution in [0, 0.1) is 0 Å². The zero-order valence-electron chi connectivity index (χ0n) is 13.1. The third-order valence-electron chi connectivity index (χ3n) is 3.26. The third kappa shape index (κ3) is 4.58. The molecule has 0 radical (unpaired) electrons. The molecule has 0 unspecified atom stereocenters. The first kappa shape index (κ1) is 18.9. The summed E-state index contributed by atoms with van der Waals surface area (Å²) in [4.78, 5) is 35.3. The van der Waals surface area contributed by atoms with Crippen molar-refractivity contribution in [2.24, 2.45) is 0 Å². The van der Waals surface area contributed by atoms with Crippen LogP contribution in [0.1, 0.15) is 18.9 Å². The highest BCUT2D eigenvalue weighted by Gasteiger charge is 2.37. The van der Waals surface area contributed by atoms with E-state index in [-0.39, 0.29) is 9.23 Å². The molecule has 1 heterocycles. The van der Waals surface area contributed by atoms with Gasteiger partial charge in [0.05, 0.1) is 23.5 Å². The summed E-state index contributed by atoms with van der Waals surface area (Å²) in [6.45, 7) is 2.39. The first-order valence-corrected chi connectivity index (χ1v) is 8.46. The van der Waals surface area contributed by atoms with Crippen molar-refractivity contribution in [2.75, 3.05) is 6.61 Å². The van der Waals surface area contributed by atoms with E-state index in [4.69, 9.17) is 17.0 Å². The fourth-order valence-corrected chi connectivity index (χ4v) is 3.52. The second-order valence-electron chi connectivity index (χ2n) is 4.96. The summed E-state index contributed by atoms with van der Waals surface area (Å²) in [5, 5.41) is 21.9. The normalized spacial score (nSPS) is 17.0. The largest absolute Gasteiger partial charge is 0.550 e. The number of carboxylic acids is 2. The smallest absolute Gasteiger partial charge is 0.266 e. The van der Waals surface area contributed by atoms with Crippen LogP contribution in [0.5, 0.6) is 5.75 Å². The van der Waals surface area contributed by atoms with E-state index in [0.717, 1.165) is 16.7 Å². The highest BCUT2D eigenvalue weighted by molar-refractivity contribution is 8.26. The van der Waals surface area contributed by atoms with E-state index in [0.29, 0.717) is 17.9 Å². The Labute approximate surface area is 153 Å². The summed E-state index contributed by atoms with van der Waals surface area (Å²) in [5.41, 5.74) is 0.689. The van der Waals surface area contributed by atoms with Gasteiger partial charge in [-0.25, -0.2) is 0 Å². The van der Waals surface area contributed by atoms with Crippen LogP contribution in [-0.4, -0.2) is 39.7 Å². The quantitative estimate of drug-likeness (QED) is 0.463. The van der Waals surface area contributed by atoms with Crippen LogP contribution in [0.25, 0.3) is 6.08 Å². The fourth-order valence-electron chi connectivity index (χ4n) is 2.16. The summed E-state index contributed by atoms with van der Waals surface area (Å²) in [6, 6.07) is 5.22. The predicted octanol–water partition coefficient (Wildman–Crippen LogP) is -0.455. The zero-order valence-corrected chi connectivity index (χ0v) is 14.7. The summed E-state index contributed by atoms with van der Waals surface area (Å²) in [7, 11) is 0. The molecule has 1 amide bonds. The van der Waals surface area contributed by atoms with Crippen LogP contribution < -0.4 is 14.9 Å². The van der Waals surface area contributed by atoms with Crippen molar-refractivity contribution >= 4 is 52.2 Å². The Morgan fingerprint density at radius 2 is 1.96 bits per heavy atom. The maximum Gasteiger partial charge on any atom is 0.266 e. The second kappa shape index (κ2) is 8.13. The number of nitrogens with zero attached hydrogens (tertiary/aromatic N) is 1. The SMILES string of the molecule is CCOc1ccc(/C=C2\SC(=S)N([C@H](CC(=O)[O-])C(=O)[O-])C2=O)cc1. The van der Waals surface area contributed by atoms with Gasteiger partial charge in [0.1, 0.15) is 10.1 Å². The van der Waals surface area contributed by atoms with Crippen molar-refractivity contribution in [3.05, 3.63) is 34.7 Å². The van der Waals surface area contributed by atoms with Gasteiger partial charge in [-0.1, -0.05) is 36.1 Å². The molecule has 9 heteroatoms. The molecule has 0 aromatic heterocycles. The lowest BCUT2D eigenvalue weighted by Crippen LogP contribution is -2.52. The van der Waals surface area contributed by atoms with Crippen LogP contribution in [-0.2, 0) is 14.4 Å². The summed E-state index contributed by atoms with van der Waals surface area (Å²) >= 11 is 5.91. The van der Waals surface area contributed by atoms with Gasteiger partial charge in [0.15, 0.2) is 0 Å². The Kier molecular flexibility index (Phi) is 6.16. The number of hydrogen-bond acceptors (Lipinski definition) is 8. The van der Waals surface area contributed by atoms with Crippen molar-refractivity contribution in [1.29, 1.82) is 0 Å². The molecule has 1 atom stereocenters. The van der Waals surface area contributed by atoms with Crippen LogP contribution in [0.4, 0.5) is 0 Å². The van der Waals surface area contributed by atoms with Crippen molar-refractivity contribution in [3.63, 3.8) is 0 Å². The highest BCUT2D eigenvalue weighted by Crippen LogP contribution is 2.34. The Balaban J connectivity index is 2.24. The monoisotopic (exact) mass is 379 g/mol. The third-order valence-corrected chi connectivity index (χ3v) is 4.59. The van der Waals surface area contributed by atoms with E-state index < -0.39 is 30.3 Å². The molecule has 7 nitrogen and oxygen atoms in total. The van der Waals surface area contributed by atoms with Gasteiger partial charge in [-0.15, -0.1) is 0 Å². The number of aliphatic carboxylic acids is 2. The number of hydrogen-bond donors (Lipinski definition) is 0. The van der Waals surface area contributed by atoms with E-state index >= 15 is 0 Å². The highest BCUT2D eigenvalue weighted by atomic mass is 32.2. The Hall–Kier alpha value is -2.39. The van der Waals surface area contributed by atoms with Crippen LogP contribution in [0.2, 0.25) is 0 Å². The van der Waals surface area contributed by atoms with Crippen LogP contribution in [0.3, 0.4) is 0 Å². The minimum Gasteiger partial charge on any atom is -0.550 e. The minimum absolute atomic E-state index is 0.0439. The maximum absolute atomic E-state index is 12.4. The average Bonchev–Trinajstić information content (AvgIpc) is 2.81.